The van der Waals surface area contributed by atoms with Gasteiger partial charge in [0.2, 0.25) is 0 Å². The zero-order chi connectivity index (χ0) is 14.9. The number of aromatic nitrogens is 1. The van der Waals surface area contributed by atoms with Gasteiger partial charge in [0.1, 0.15) is 11.4 Å². The first-order valence-corrected chi connectivity index (χ1v) is 5.69. The highest BCUT2D eigenvalue weighted by molar-refractivity contribution is 5.52. The summed E-state index contributed by atoms with van der Waals surface area (Å²) >= 11 is 0. The Morgan fingerprint density at radius 3 is 2.40 bits per heavy atom. The standard InChI is InChI=1S/C12H11F2N3O3/c1-6-9(7(2)20-16-6)5-15-12-10(13)3-8(17(18)19)4-11(12)14/h3-4,15H,5H2,1-2H3. The molecule has 0 aliphatic rings. The smallest absolute Gasteiger partial charge is 0.275 e. The number of non-ortho nitro benzene ring substituents is 1. The molecular formula is C12H11F2N3O3. The predicted octanol–water partition coefficient (Wildman–Crippen LogP) is 3.09. The summed E-state index contributed by atoms with van der Waals surface area (Å²) in [5.41, 5.74) is 0.235. The fourth-order valence-electron chi connectivity index (χ4n) is 1.77. The summed E-state index contributed by atoms with van der Waals surface area (Å²) in [6.45, 7) is 3.49. The molecule has 1 aromatic carbocycles. The summed E-state index contributed by atoms with van der Waals surface area (Å²) in [7, 11) is 0. The SMILES string of the molecule is Cc1noc(C)c1CNc1c(F)cc([N+](=O)[O-])cc1F. The molecule has 0 saturated carbocycles. The number of nitrogens with zero attached hydrogens (tertiary/aromatic N) is 2. The number of nitro groups is 1. The van der Waals surface area contributed by atoms with Crippen LogP contribution in [0.5, 0.6) is 0 Å². The largest absolute Gasteiger partial charge is 0.376 e. The van der Waals surface area contributed by atoms with Gasteiger partial charge >= 0.3 is 0 Å². The van der Waals surface area contributed by atoms with Crippen molar-refractivity contribution in [1.82, 2.24) is 5.16 Å². The summed E-state index contributed by atoms with van der Waals surface area (Å²) < 4.78 is 32.2. The van der Waals surface area contributed by atoms with E-state index in [4.69, 9.17) is 4.52 Å². The second-order valence-corrected chi connectivity index (χ2v) is 4.20. The van der Waals surface area contributed by atoms with Crippen molar-refractivity contribution in [1.29, 1.82) is 0 Å². The monoisotopic (exact) mass is 283 g/mol. The Morgan fingerprint density at radius 2 is 1.95 bits per heavy atom. The number of anilines is 1. The summed E-state index contributed by atoms with van der Waals surface area (Å²) in [5, 5.41) is 16.8. The van der Waals surface area contributed by atoms with Crippen molar-refractivity contribution >= 4 is 11.4 Å². The number of rotatable bonds is 4. The fourth-order valence-corrected chi connectivity index (χ4v) is 1.77. The third-order valence-corrected chi connectivity index (χ3v) is 2.86. The second-order valence-electron chi connectivity index (χ2n) is 4.20. The molecule has 0 spiro atoms. The lowest BCUT2D eigenvalue weighted by Crippen LogP contribution is -2.06. The number of hydrogen-bond acceptors (Lipinski definition) is 5. The summed E-state index contributed by atoms with van der Waals surface area (Å²) in [6, 6.07) is 1.33. The third-order valence-electron chi connectivity index (χ3n) is 2.86. The molecule has 1 aromatic heterocycles. The van der Waals surface area contributed by atoms with Crippen LogP contribution in [0.15, 0.2) is 16.7 Å². The number of nitrogens with one attached hydrogen (secondary N) is 1. The van der Waals surface area contributed by atoms with Gasteiger partial charge in [-0.3, -0.25) is 10.1 Å². The molecule has 0 bridgehead atoms. The molecular weight excluding hydrogens is 272 g/mol. The van der Waals surface area contributed by atoms with E-state index in [1.807, 2.05) is 0 Å². The molecule has 2 aromatic rings. The summed E-state index contributed by atoms with van der Waals surface area (Å²) in [6.07, 6.45) is 0. The highest BCUT2D eigenvalue weighted by Gasteiger charge is 2.18. The van der Waals surface area contributed by atoms with E-state index in [1.165, 1.54) is 0 Å². The molecule has 0 saturated heterocycles. The highest BCUT2D eigenvalue weighted by atomic mass is 19.1. The number of hydrogen-bond donors (Lipinski definition) is 1. The predicted molar refractivity (Wildman–Crippen MR) is 66.3 cm³/mol. The topological polar surface area (TPSA) is 81.2 Å². The molecule has 0 amide bonds. The van der Waals surface area contributed by atoms with E-state index in [9.17, 15) is 18.9 Å². The van der Waals surface area contributed by atoms with Crippen molar-refractivity contribution in [3.8, 4) is 0 Å². The first kappa shape index (κ1) is 13.9. The molecule has 1 heterocycles. The van der Waals surface area contributed by atoms with Crippen LogP contribution in [0.25, 0.3) is 0 Å². The molecule has 0 aliphatic heterocycles. The van der Waals surface area contributed by atoms with Crippen molar-refractivity contribution in [3.05, 3.63) is 50.9 Å². The van der Waals surface area contributed by atoms with Crippen LogP contribution in [-0.4, -0.2) is 10.1 Å². The van der Waals surface area contributed by atoms with Crippen molar-refractivity contribution in [2.24, 2.45) is 0 Å². The maximum absolute atomic E-state index is 13.7. The first-order chi connectivity index (χ1) is 9.40. The van der Waals surface area contributed by atoms with Gasteiger partial charge in [-0.15, -0.1) is 0 Å². The van der Waals surface area contributed by atoms with E-state index in [-0.39, 0.29) is 6.54 Å². The van der Waals surface area contributed by atoms with Gasteiger partial charge in [0, 0.05) is 12.1 Å². The lowest BCUT2D eigenvalue weighted by molar-refractivity contribution is -0.385. The van der Waals surface area contributed by atoms with Gasteiger partial charge in [-0.1, -0.05) is 5.16 Å². The molecule has 106 valence electrons. The maximum Gasteiger partial charge on any atom is 0.275 e. The molecule has 2 rings (SSSR count). The quantitative estimate of drug-likeness (QED) is 0.688. The Morgan fingerprint density at radius 1 is 1.35 bits per heavy atom. The Hall–Kier alpha value is -2.51. The van der Waals surface area contributed by atoms with Crippen LogP contribution < -0.4 is 5.32 Å². The van der Waals surface area contributed by atoms with Crippen LogP contribution in [0.2, 0.25) is 0 Å². The Bertz CT molecular complexity index is 627. The Balaban J connectivity index is 2.24. The van der Waals surface area contributed by atoms with Gasteiger partial charge in [-0.25, -0.2) is 8.78 Å². The molecule has 0 radical (unpaired) electrons. The fraction of sp³-hybridized carbons (Fsp3) is 0.250. The second kappa shape index (κ2) is 5.24. The number of halogens is 2. The van der Waals surface area contributed by atoms with Crippen molar-refractivity contribution in [3.63, 3.8) is 0 Å². The minimum absolute atomic E-state index is 0.104. The van der Waals surface area contributed by atoms with E-state index in [0.29, 0.717) is 29.2 Å². The van der Waals surface area contributed by atoms with Gasteiger partial charge in [0.05, 0.1) is 22.7 Å². The molecule has 1 N–H and O–H groups in total. The van der Waals surface area contributed by atoms with Crippen molar-refractivity contribution in [2.75, 3.05) is 5.32 Å². The Kier molecular flexibility index (Phi) is 3.64. The zero-order valence-electron chi connectivity index (χ0n) is 10.7. The summed E-state index contributed by atoms with van der Waals surface area (Å²) in [4.78, 5) is 9.62. The lowest BCUT2D eigenvalue weighted by Gasteiger charge is -2.08. The van der Waals surface area contributed by atoms with Gasteiger partial charge in [-0.2, -0.15) is 0 Å². The van der Waals surface area contributed by atoms with Crippen LogP contribution in [0.1, 0.15) is 17.0 Å². The third kappa shape index (κ3) is 2.58. The zero-order valence-corrected chi connectivity index (χ0v) is 10.7. The molecule has 0 atom stereocenters. The minimum Gasteiger partial charge on any atom is -0.376 e. The van der Waals surface area contributed by atoms with Crippen molar-refractivity contribution in [2.45, 2.75) is 20.4 Å². The van der Waals surface area contributed by atoms with Gasteiger partial charge in [-0.05, 0) is 13.8 Å². The van der Waals surface area contributed by atoms with Gasteiger partial charge < -0.3 is 9.84 Å². The maximum atomic E-state index is 13.7. The number of nitro benzene ring substituents is 1. The van der Waals surface area contributed by atoms with Crippen LogP contribution in [0, 0.1) is 35.6 Å². The molecule has 6 nitrogen and oxygen atoms in total. The van der Waals surface area contributed by atoms with E-state index >= 15 is 0 Å². The first-order valence-electron chi connectivity index (χ1n) is 5.69. The average molecular weight is 283 g/mol. The lowest BCUT2D eigenvalue weighted by atomic mass is 10.2. The molecule has 0 aliphatic carbocycles. The van der Waals surface area contributed by atoms with Crippen molar-refractivity contribution < 1.29 is 18.2 Å². The summed E-state index contributed by atoms with van der Waals surface area (Å²) in [5.74, 6) is -1.51. The molecule has 0 unspecified atom stereocenters. The molecule has 8 heteroatoms. The van der Waals surface area contributed by atoms with E-state index < -0.39 is 27.9 Å². The molecule has 20 heavy (non-hydrogen) atoms. The van der Waals surface area contributed by atoms with Gasteiger partial charge in [0.25, 0.3) is 5.69 Å². The van der Waals surface area contributed by atoms with E-state index in [2.05, 4.69) is 10.5 Å². The number of aryl methyl sites for hydroxylation is 2. The Labute approximate surface area is 112 Å². The number of benzene rings is 1. The normalized spacial score (nSPS) is 10.6. The van der Waals surface area contributed by atoms with Crippen LogP contribution in [0.4, 0.5) is 20.2 Å². The van der Waals surface area contributed by atoms with E-state index in [1.54, 1.807) is 13.8 Å². The van der Waals surface area contributed by atoms with Gasteiger partial charge in [0.15, 0.2) is 11.6 Å². The van der Waals surface area contributed by atoms with E-state index in [0.717, 1.165) is 0 Å². The molecule has 0 fully saturated rings. The van der Waals surface area contributed by atoms with Crippen LogP contribution in [0.3, 0.4) is 0 Å². The average Bonchev–Trinajstić information content (AvgIpc) is 2.68. The van der Waals surface area contributed by atoms with Crippen LogP contribution >= 0.6 is 0 Å². The highest BCUT2D eigenvalue weighted by Crippen LogP contribution is 2.25. The minimum atomic E-state index is -1.02. The van der Waals surface area contributed by atoms with Crippen LogP contribution in [-0.2, 0) is 6.54 Å².